The summed E-state index contributed by atoms with van der Waals surface area (Å²) >= 11 is 0. The van der Waals surface area contributed by atoms with E-state index in [1.807, 2.05) is 17.8 Å². The summed E-state index contributed by atoms with van der Waals surface area (Å²) in [5.74, 6) is 0.852. The molecule has 0 radical (unpaired) electrons. The molecule has 5 unspecified atom stereocenters. The molecule has 1 aliphatic heterocycles. The average Bonchev–Trinajstić information content (AvgIpc) is 2.73. The Morgan fingerprint density at radius 2 is 2.06 bits per heavy atom. The third-order valence-electron chi connectivity index (χ3n) is 3.93. The number of aromatic nitrogens is 2. The number of hydrogen-bond acceptors (Lipinski definition) is 3. The molecule has 2 N–H and O–H groups in total. The minimum absolute atomic E-state index is 0.00227. The van der Waals surface area contributed by atoms with Gasteiger partial charge in [0, 0.05) is 19.2 Å². The predicted octanol–water partition coefficient (Wildman–Crippen LogP) is 1.48. The van der Waals surface area contributed by atoms with E-state index in [0.717, 1.165) is 5.69 Å². The second kappa shape index (κ2) is 4.18. The molecule has 0 saturated carbocycles. The van der Waals surface area contributed by atoms with E-state index in [1.165, 1.54) is 0 Å². The number of hydrogen-bond donors (Lipinski definition) is 1. The molecule has 4 heteroatoms. The number of nitrogens with zero attached hydrogens (tertiary/aromatic N) is 2. The monoisotopic (exact) mass is 223 g/mol. The van der Waals surface area contributed by atoms with Crippen LogP contribution in [0.15, 0.2) is 12.3 Å². The highest BCUT2D eigenvalue weighted by Crippen LogP contribution is 2.39. The van der Waals surface area contributed by atoms with Gasteiger partial charge in [0.05, 0.1) is 23.9 Å². The summed E-state index contributed by atoms with van der Waals surface area (Å²) in [6.45, 7) is 6.45. The van der Waals surface area contributed by atoms with Crippen molar-refractivity contribution in [2.24, 2.45) is 24.6 Å². The van der Waals surface area contributed by atoms with Gasteiger partial charge in [0.1, 0.15) is 0 Å². The van der Waals surface area contributed by atoms with Crippen LogP contribution in [0.5, 0.6) is 0 Å². The highest BCUT2D eigenvalue weighted by molar-refractivity contribution is 5.10. The molecular formula is C12H21N3O. The molecule has 1 saturated heterocycles. The fourth-order valence-electron chi connectivity index (χ4n) is 2.82. The van der Waals surface area contributed by atoms with Crippen LogP contribution in [0.4, 0.5) is 0 Å². The molecular weight excluding hydrogens is 202 g/mol. The van der Waals surface area contributed by atoms with Crippen LogP contribution in [-0.2, 0) is 11.8 Å². The lowest BCUT2D eigenvalue weighted by Crippen LogP contribution is -2.32. The summed E-state index contributed by atoms with van der Waals surface area (Å²) in [4.78, 5) is 0. The van der Waals surface area contributed by atoms with Crippen molar-refractivity contribution in [2.45, 2.75) is 39.0 Å². The molecule has 0 aromatic carbocycles. The van der Waals surface area contributed by atoms with Gasteiger partial charge in [0.25, 0.3) is 0 Å². The maximum absolute atomic E-state index is 6.35. The normalized spacial score (nSPS) is 36.6. The number of aryl methyl sites for hydroxylation is 1. The van der Waals surface area contributed by atoms with E-state index in [0.29, 0.717) is 17.9 Å². The lowest BCUT2D eigenvalue weighted by Gasteiger charge is -2.25. The summed E-state index contributed by atoms with van der Waals surface area (Å²) in [6, 6.07) is 2.00. The fourth-order valence-corrected chi connectivity index (χ4v) is 2.82. The highest BCUT2D eigenvalue weighted by Gasteiger charge is 2.41. The van der Waals surface area contributed by atoms with E-state index in [4.69, 9.17) is 10.5 Å². The van der Waals surface area contributed by atoms with Gasteiger partial charge in [-0.15, -0.1) is 0 Å². The summed E-state index contributed by atoms with van der Waals surface area (Å²) in [7, 11) is 1.93. The van der Waals surface area contributed by atoms with Crippen LogP contribution in [0.1, 0.15) is 32.5 Å². The number of rotatable bonds is 2. The lowest BCUT2D eigenvalue weighted by molar-refractivity contribution is 0.0487. The Bertz CT molecular complexity index is 363. The summed E-state index contributed by atoms with van der Waals surface area (Å²) in [5, 5.41) is 4.17. The molecule has 2 rings (SSSR count). The van der Waals surface area contributed by atoms with Crippen LogP contribution in [0.2, 0.25) is 0 Å². The molecule has 90 valence electrons. The second-order valence-corrected chi connectivity index (χ2v) is 4.89. The van der Waals surface area contributed by atoms with Crippen molar-refractivity contribution in [1.29, 1.82) is 0 Å². The molecule has 2 heterocycles. The van der Waals surface area contributed by atoms with Crippen molar-refractivity contribution < 1.29 is 4.74 Å². The molecule has 5 atom stereocenters. The zero-order valence-corrected chi connectivity index (χ0v) is 10.4. The van der Waals surface area contributed by atoms with E-state index < -0.39 is 0 Å². The molecule has 1 fully saturated rings. The minimum Gasteiger partial charge on any atom is -0.375 e. The van der Waals surface area contributed by atoms with Crippen LogP contribution in [0.3, 0.4) is 0 Å². The molecule has 0 amide bonds. The Kier molecular flexibility index (Phi) is 3.04. The Morgan fingerprint density at radius 1 is 1.38 bits per heavy atom. The second-order valence-electron chi connectivity index (χ2n) is 4.89. The number of ether oxygens (including phenoxy) is 1. The predicted molar refractivity (Wildman–Crippen MR) is 62.8 cm³/mol. The van der Waals surface area contributed by atoms with Gasteiger partial charge >= 0.3 is 0 Å². The molecule has 0 bridgehead atoms. The van der Waals surface area contributed by atoms with E-state index in [2.05, 4.69) is 25.9 Å². The Labute approximate surface area is 96.8 Å². The average molecular weight is 223 g/mol. The first kappa shape index (κ1) is 11.6. The first-order valence-corrected chi connectivity index (χ1v) is 5.91. The van der Waals surface area contributed by atoms with E-state index >= 15 is 0 Å². The van der Waals surface area contributed by atoms with E-state index in [9.17, 15) is 0 Å². The van der Waals surface area contributed by atoms with Crippen LogP contribution in [0, 0.1) is 11.8 Å². The van der Waals surface area contributed by atoms with Gasteiger partial charge in [-0.25, -0.2) is 0 Å². The van der Waals surface area contributed by atoms with Crippen molar-refractivity contribution in [3.05, 3.63) is 18.0 Å². The van der Waals surface area contributed by atoms with Crippen molar-refractivity contribution >= 4 is 0 Å². The Balaban J connectivity index is 2.22. The van der Waals surface area contributed by atoms with Gasteiger partial charge < -0.3 is 10.5 Å². The maximum atomic E-state index is 6.35. The Hall–Kier alpha value is -0.870. The SMILES string of the molecule is CC1OC(C)C(C(N)c2ccnn2C)C1C. The maximum Gasteiger partial charge on any atom is 0.0601 e. The van der Waals surface area contributed by atoms with Gasteiger partial charge in [-0.3, -0.25) is 4.68 Å². The minimum atomic E-state index is 0.00227. The van der Waals surface area contributed by atoms with Crippen molar-refractivity contribution in [2.75, 3.05) is 0 Å². The first-order valence-electron chi connectivity index (χ1n) is 5.91. The van der Waals surface area contributed by atoms with Gasteiger partial charge in [0.15, 0.2) is 0 Å². The lowest BCUT2D eigenvalue weighted by atomic mass is 9.82. The highest BCUT2D eigenvalue weighted by atomic mass is 16.5. The van der Waals surface area contributed by atoms with Crippen LogP contribution < -0.4 is 5.73 Å². The zero-order chi connectivity index (χ0) is 11.9. The van der Waals surface area contributed by atoms with Crippen LogP contribution in [0.25, 0.3) is 0 Å². The first-order chi connectivity index (χ1) is 7.52. The topological polar surface area (TPSA) is 53.1 Å². The van der Waals surface area contributed by atoms with Crippen molar-refractivity contribution in [3.63, 3.8) is 0 Å². The molecule has 16 heavy (non-hydrogen) atoms. The van der Waals surface area contributed by atoms with Crippen molar-refractivity contribution in [3.8, 4) is 0 Å². The van der Waals surface area contributed by atoms with Gasteiger partial charge in [-0.05, 0) is 25.8 Å². The summed E-state index contributed by atoms with van der Waals surface area (Å²) in [6.07, 6.45) is 2.30. The molecule has 0 spiro atoms. The molecule has 1 aromatic heterocycles. The molecule has 0 aliphatic carbocycles. The van der Waals surface area contributed by atoms with E-state index in [1.54, 1.807) is 6.20 Å². The summed E-state index contributed by atoms with van der Waals surface area (Å²) in [5.41, 5.74) is 7.43. The smallest absolute Gasteiger partial charge is 0.0601 e. The fraction of sp³-hybridized carbons (Fsp3) is 0.750. The van der Waals surface area contributed by atoms with Gasteiger partial charge in [0.2, 0.25) is 0 Å². The third kappa shape index (κ3) is 1.76. The molecule has 1 aliphatic rings. The van der Waals surface area contributed by atoms with Crippen LogP contribution in [-0.4, -0.2) is 22.0 Å². The number of nitrogens with two attached hydrogens (primary N) is 1. The molecule has 4 nitrogen and oxygen atoms in total. The van der Waals surface area contributed by atoms with Crippen molar-refractivity contribution in [1.82, 2.24) is 9.78 Å². The quantitative estimate of drug-likeness (QED) is 0.826. The van der Waals surface area contributed by atoms with Crippen LogP contribution >= 0.6 is 0 Å². The largest absolute Gasteiger partial charge is 0.375 e. The van der Waals surface area contributed by atoms with Gasteiger partial charge in [-0.1, -0.05) is 6.92 Å². The Morgan fingerprint density at radius 3 is 2.50 bits per heavy atom. The standard InChI is InChI=1S/C12H21N3O/c1-7-8(2)16-9(3)11(7)12(13)10-5-6-14-15(10)4/h5-9,11-12H,13H2,1-4H3. The molecule has 1 aromatic rings. The summed E-state index contributed by atoms with van der Waals surface area (Å²) < 4.78 is 7.69. The third-order valence-corrected chi connectivity index (χ3v) is 3.93. The van der Waals surface area contributed by atoms with Gasteiger partial charge in [-0.2, -0.15) is 5.10 Å². The zero-order valence-electron chi connectivity index (χ0n) is 10.4. The van der Waals surface area contributed by atoms with E-state index in [-0.39, 0.29) is 12.1 Å².